The number of carboxylic acid groups (broad SMARTS) is 1. The monoisotopic (exact) mass is 260 g/mol. The molecule has 0 saturated heterocycles. The third kappa shape index (κ3) is 6.21. The summed E-state index contributed by atoms with van der Waals surface area (Å²) in [6.45, 7) is 6.32. The maximum Gasteiger partial charge on any atom is 0.326 e. The molecule has 0 aromatic carbocycles. The second-order valence-electron chi connectivity index (χ2n) is 3.45. The van der Waals surface area contributed by atoms with Crippen molar-refractivity contribution in [1.82, 2.24) is 10.2 Å². The maximum absolute atomic E-state index is 11.7. The molecule has 0 aromatic heterocycles. The number of carbonyl (C=O) groups is 2. The molecule has 17 heavy (non-hydrogen) atoms. The lowest BCUT2D eigenvalue weighted by molar-refractivity contribution is -0.139. The van der Waals surface area contributed by atoms with E-state index in [1.807, 2.05) is 13.2 Å². The van der Waals surface area contributed by atoms with Crippen molar-refractivity contribution in [3.63, 3.8) is 0 Å². The van der Waals surface area contributed by atoms with Crippen LogP contribution in [0.15, 0.2) is 12.7 Å². The van der Waals surface area contributed by atoms with Gasteiger partial charge >= 0.3 is 12.0 Å². The molecule has 5 nitrogen and oxygen atoms in total. The van der Waals surface area contributed by atoms with E-state index in [1.165, 1.54) is 4.90 Å². The first-order valence-electron chi connectivity index (χ1n) is 5.44. The molecule has 0 rings (SSSR count). The minimum Gasteiger partial charge on any atom is -0.480 e. The van der Waals surface area contributed by atoms with Crippen molar-refractivity contribution in [2.24, 2.45) is 0 Å². The summed E-state index contributed by atoms with van der Waals surface area (Å²) in [4.78, 5) is 24.2. The van der Waals surface area contributed by atoms with E-state index in [1.54, 1.807) is 17.8 Å². The Kier molecular flexibility index (Phi) is 8.31. The predicted molar refractivity (Wildman–Crippen MR) is 70.4 cm³/mol. The van der Waals surface area contributed by atoms with Crippen molar-refractivity contribution in [2.45, 2.75) is 19.4 Å². The van der Waals surface area contributed by atoms with Crippen LogP contribution in [0.1, 0.15) is 13.3 Å². The maximum atomic E-state index is 11.7. The zero-order valence-corrected chi connectivity index (χ0v) is 11.1. The molecule has 1 atom stereocenters. The Labute approximate surface area is 106 Å². The van der Waals surface area contributed by atoms with Crippen molar-refractivity contribution >= 4 is 23.8 Å². The van der Waals surface area contributed by atoms with Gasteiger partial charge in [0.05, 0.1) is 0 Å². The zero-order valence-electron chi connectivity index (χ0n) is 10.3. The topological polar surface area (TPSA) is 69.6 Å². The highest BCUT2D eigenvalue weighted by Crippen LogP contribution is 2.02. The number of rotatable bonds is 8. The average Bonchev–Trinajstić information content (AvgIpc) is 2.30. The number of likely N-dealkylation sites (N-methyl/N-ethyl adjacent to an activating group) is 1. The highest BCUT2D eigenvalue weighted by atomic mass is 32.2. The Morgan fingerprint density at radius 3 is 2.65 bits per heavy atom. The van der Waals surface area contributed by atoms with Crippen LogP contribution < -0.4 is 5.32 Å². The third-order valence-electron chi connectivity index (χ3n) is 2.22. The number of hydrogen-bond acceptors (Lipinski definition) is 3. The Morgan fingerprint density at radius 1 is 1.59 bits per heavy atom. The zero-order chi connectivity index (χ0) is 13.3. The summed E-state index contributed by atoms with van der Waals surface area (Å²) >= 11 is 1.55. The van der Waals surface area contributed by atoms with E-state index in [2.05, 4.69) is 11.9 Å². The first-order valence-corrected chi connectivity index (χ1v) is 6.84. The van der Waals surface area contributed by atoms with Crippen molar-refractivity contribution in [1.29, 1.82) is 0 Å². The number of carbonyl (C=O) groups excluding carboxylic acids is 1. The number of carboxylic acids is 1. The lowest BCUT2D eigenvalue weighted by Crippen LogP contribution is -2.48. The van der Waals surface area contributed by atoms with Crippen molar-refractivity contribution in [3.05, 3.63) is 12.7 Å². The SMILES string of the molecule is C=CCN(CC)C(=O)N[C@@H](CCSC)C(=O)O. The largest absolute Gasteiger partial charge is 0.480 e. The first kappa shape index (κ1) is 15.8. The molecule has 6 heteroatoms. The van der Waals surface area contributed by atoms with Crippen LogP contribution >= 0.6 is 11.8 Å². The molecule has 98 valence electrons. The van der Waals surface area contributed by atoms with E-state index in [0.29, 0.717) is 25.3 Å². The van der Waals surface area contributed by atoms with E-state index in [-0.39, 0.29) is 6.03 Å². The second-order valence-corrected chi connectivity index (χ2v) is 4.43. The van der Waals surface area contributed by atoms with Gasteiger partial charge in [-0.1, -0.05) is 6.08 Å². The molecule has 0 unspecified atom stereocenters. The fourth-order valence-corrected chi connectivity index (χ4v) is 1.72. The lowest BCUT2D eigenvalue weighted by atomic mass is 10.2. The summed E-state index contributed by atoms with van der Waals surface area (Å²) < 4.78 is 0. The summed E-state index contributed by atoms with van der Waals surface area (Å²) in [7, 11) is 0. The van der Waals surface area contributed by atoms with E-state index >= 15 is 0 Å². The molecule has 0 fully saturated rings. The van der Waals surface area contributed by atoms with Crippen LogP contribution in [0, 0.1) is 0 Å². The quantitative estimate of drug-likeness (QED) is 0.647. The number of amides is 2. The molecule has 0 spiro atoms. The summed E-state index contributed by atoms with van der Waals surface area (Å²) in [6, 6.07) is -1.19. The third-order valence-corrected chi connectivity index (χ3v) is 2.87. The average molecular weight is 260 g/mol. The van der Waals surface area contributed by atoms with Gasteiger partial charge < -0.3 is 15.3 Å². The summed E-state index contributed by atoms with van der Waals surface area (Å²) in [5.41, 5.74) is 0. The second kappa shape index (κ2) is 8.92. The number of nitrogens with zero attached hydrogens (tertiary/aromatic N) is 1. The Balaban J connectivity index is 4.36. The van der Waals surface area contributed by atoms with Gasteiger partial charge in [-0.05, 0) is 25.4 Å². The van der Waals surface area contributed by atoms with Crippen molar-refractivity contribution in [2.75, 3.05) is 25.1 Å². The van der Waals surface area contributed by atoms with Gasteiger partial charge in [-0.3, -0.25) is 0 Å². The smallest absolute Gasteiger partial charge is 0.326 e. The van der Waals surface area contributed by atoms with Gasteiger partial charge in [-0.2, -0.15) is 11.8 Å². The Hall–Kier alpha value is -1.17. The Morgan fingerprint density at radius 2 is 2.24 bits per heavy atom. The van der Waals surface area contributed by atoms with Crippen LogP contribution in [0.3, 0.4) is 0 Å². The molecule has 0 radical (unpaired) electrons. The standard InChI is InChI=1S/C11H20N2O3S/c1-4-7-13(5-2)11(16)12-9(10(14)15)6-8-17-3/h4,9H,1,5-8H2,2-3H3,(H,12,16)(H,14,15)/t9-/m0/s1. The van der Waals surface area contributed by atoms with Gasteiger partial charge in [-0.25, -0.2) is 9.59 Å². The number of hydrogen-bond donors (Lipinski definition) is 2. The minimum atomic E-state index is -0.998. The fourth-order valence-electron chi connectivity index (χ4n) is 1.24. The van der Waals surface area contributed by atoms with Crippen LogP contribution in [-0.4, -0.2) is 53.1 Å². The predicted octanol–water partition coefficient (Wildman–Crippen LogP) is 1.41. The summed E-state index contributed by atoms with van der Waals surface area (Å²) in [5.74, 6) is -0.299. The van der Waals surface area contributed by atoms with E-state index < -0.39 is 12.0 Å². The molecule has 0 saturated carbocycles. The van der Waals surface area contributed by atoms with Crippen LogP contribution in [-0.2, 0) is 4.79 Å². The van der Waals surface area contributed by atoms with Crippen LogP contribution in [0.25, 0.3) is 0 Å². The molecule has 0 aliphatic carbocycles. The van der Waals surface area contributed by atoms with Gasteiger partial charge in [0.2, 0.25) is 0 Å². The number of nitrogens with one attached hydrogen (secondary N) is 1. The molecule has 0 bridgehead atoms. The molecule has 2 amide bonds. The molecule has 2 N–H and O–H groups in total. The number of aliphatic carboxylic acids is 1. The number of thioether (sulfide) groups is 1. The van der Waals surface area contributed by atoms with Gasteiger partial charge in [0, 0.05) is 13.1 Å². The van der Waals surface area contributed by atoms with Crippen LogP contribution in [0.5, 0.6) is 0 Å². The van der Waals surface area contributed by atoms with Gasteiger partial charge in [0.25, 0.3) is 0 Å². The highest BCUT2D eigenvalue weighted by Gasteiger charge is 2.21. The molecule has 0 heterocycles. The van der Waals surface area contributed by atoms with E-state index in [4.69, 9.17) is 5.11 Å². The number of urea groups is 1. The van der Waals surface area contributed by atoms with Crippen LogP contribution in [0.2, 0.25) is 0 Å². The van der Waals surface area contributed by atoms with Crippen molar-refractivity contribution < 1.29 is 14.7 Å². The first-order chi connectivity index (χ1) is 8.06. The fraction of sp³-hybridized carbons (Fsp3) is 0.636. The van der Waals surface area contributed by atoms with Crippen LogP contribution in [0.4, 0.5) is 4.79 Å². The molecule has 0 aliphatic rings. The Bertz CT molecular complexity index is 271. The summed E-state index contributed by atoms with van der Waals surface area (Å²) in [5, 5.41) is 11.5. The summed E-state index contributed by atoms with van der Waals surface area (Å²) in [6.07, 6.45) is 3.94. The van der Waals surface area contributed by atoms with Gasteiger partial charge in [0.15, 0.2) is 0 Å². The minimum absolute atomic E-state index is 0.360. The molecule has 0 aliphatic heterocycles. The molecular formula is C11H20N2O3S. The van der Waals surface area contributed by atoms with Gasteiger partial charge in [0.1, 0.15) is 6.04 Å². The lowest BCUT2D eigenvalue weighted by Gasteiger charge is -2.22. The normalized spacial score (nSPS) is 11.6. The highest BCUT2D eigenvalue weighted by molar-refractivity contribution is 7.98. The van der Waals surface area contributed by atoms with E-state index in [9.17, 15) is 9.59 Å². The molecule has 0 aromatic rings. The van der Waals surface area contributed by atoms with Crippen molar-refractivity contribution in [3.8, 4) is 0 Å². The van der Waals surface area contributed by atoms with Gasteiger partial charge in [-0.15, -0.1) is 6.58 Å². The molecular weight excluding hydrogens is 240 g/mol. The van der Waals surface area contributed by atoms with E-state index in [0.717, 1.165) is 0 Å².